The second-order valence-electron chi connectivity index (χ2n) is 5.96. The molecule has 0 radical (unpaired) electrons. The molecule has 1 aromatic heterocycles. The summed E-state index contributed by atoms with van der Waals surface area (Å²) in [5.41, 5.74) is 2.39. The number of hydrogen-bond donors (Lipinski definition) is 3. The van der Waals surface area contributed by atoms with Crippen molar-refractivity contribution in [2.75, 3.05) is 5.32 Å². The topological polar surface area (TPSA) is 110 Å². The van der Waals surface area contributed by atoms with Crippen LogP contribution in [0, 0.1) is 16.3 Å². The number of nitrogens with zero attached hydrogens (tertiary/aromatic N) is 2. The molecule has 3 aromatic rings. The van der Waals surface area contributed by atoms with Crippen molar-refractivity contribution in [1.82, 2.24) is 9.78 Å². The fourth-order valence-electron chi connectivity index (χ4n) is 2.63. The zero-order valence-electron chi connectivity index (χ0n) is 14.4. The average Bonchev–Trinajstić information content (AvgIpc) is 2.89. The Bertz CT molecular complexity index is 1150. The summed E-state index contributed by atoms with van der Waals surface area (Å²) >= 11 is 2.18. The molecule has 4 N–H and O–H groups in total. The van der Waals surface area contributed by atoms with Crippen LogP contribution in [0.4, 0.5) is 15.8 Å². The first kappa shape index (κ1) is 19.6. The molecular formula is C17H16FIN4O3S. The van der Waals surface area contributed by atoms with Crippen LogP contribution in [-0.2, 0) is 17.1 Å². The third-order valence-corrected chi connectivity index (χ3v) is 5.63. The highest BCUT2D eigenvalue weighted by atomic mass is 127. The van der Waals surface area contributed by atoms with E-state index < -0.39 is 20.7 Å². The first-order valence-electron chi connectivity index (χ1n) is 7.69. The third-order valence-electron chi connectivity index (χ3n) is 4.03. The summed E-state index contributed by atoms with van der Waals surface area (Å²) in [4.78, 5) is -0.661. The van der Waals surface area contributed by atoms with E-state index in [9.17, 15) is 17.9 Å². The quantitative estimate of drug-likeness (QED) is 0.475. The molecule has 1 heterocycles. The van der Waals surface area contributed by atoms with E-state index >= 15 is 0 Å². The van der Waals surface area contributed by atoms with Crippen molar-refractivity contribution in [1.29, 1.82) is 0 Å². The minimum absolute atomic E-state index is 0.190. The van der Waals surface area contributed by atoms with Crippen LogP contribution >= 0.6 is 22.6 Å². The lowest BCUT2D eigenvalue weighted by atomic mass is 10.1. The number of rotatable bonds is 4. The van der Waals surface area contributed by atoms with Gasteiger partial charge in [0.05, 0.1) is 11.8 Å². The van der Waals surface area contributed by atoms with Gasteiger partial charge in [-0.1, -0.05) is 0 Å². The first-order chi connectivity index (χ1) is 12.6. The van der Waals surface area contributed by atoms with Gasteiger partial charge in [0.1, 0.15) is 10.7 Å². The molecule has 0 fully saturated rings. The lowest BCUT2D eigenvalue weighted by molar-refractivity contribution is 0.421. The number of nitrogens with one attached hydrogen (secondary N) is 1. The van der Waals surface area contributed by atoms with Gasteiger partial charge in [-0.25, -0.2) is 22.6 Å². The molecular weight excluding hydrogens is 486 g/mol. The van der Waals surface area contributed by atoms with E-state index in [0.29, 0.717) is 5.69 Å². The van der Waals surface area contributed by atoms with E-state index in [1.807, 2.05) is 25.1 Å². The Labute approximate surface area is 169 Å². The van der Waals surface area contributed by atoms with Gasteiger partial charge in [0, 0.05) is 27.6 Å². The average molecular weight is 502 g/mol. The molecule has 0 spiro atoms. The lowest BCUT2D eigenvalue weighted by Crippen LogP contribution is -2.14. The van der Waals surface area contributed by atoms with E-state index in [1.165, 1.54) is 17.9 Å². The van der Waals surface area contributed by atoms with Crippen LogP contribution < -0.4 is 10.5 Å². The Morgan fingerprint density at radius 2 is 1.93 bits per heavy atom. The molecule has 0 atom stereocenters. The summed E-state index contributed by atoms with van der Waals surface area (Å²) in [6.07, 6.45) is 1.36. The molecule has 0 saturated heterocycles. The van der Waals surface area contributed by atoms with Crippen molar-refractivity contribution < 1.29 is 17.9 Å². The molecule has 27 heavy (non-hydrogen) atoms. The third kappa shape index (κ3) is 3.92. The van der Waals surface area contributed by atoms with Gasteiger partial charge in [-0.15, -0.1) is 0 Å². The molecule has 0 unspecified atom stereocenters. The second kappa shape index (κ2) is 7.09. The van der Waals surface area contributed by atoms with Crippen molar-refractivity contribution in [3.63, 3.8) is 0 Å². The van der Waals surface area contributed by atoms with Crippen LogP contribution in [0.15, 0.2) is 41.4 Å². The normalized spacial score (nSPS) is 11.6. The Kier molecular flexibility index (Phi) is 5.14. The number of aryl methyl sites for hydroxylation is 2. The highest BCUT2D eigenvalue weighted by Gasteiger charge is 2.22. The maximum absolute atomic E-state index is 14.4. The van der Waals surface area contributed by atoms with Crippen molar-refractivity contribution in [3.8, 4) is 17.0 Å². The molecule has 0 bridgehead atoms. The van der Waals surface area contributed by atoms with Gasteiger partial charge in [0.25, 0.3) is 0 Å². The lowest BCUT2D eigenvalue weighted by Gasteiger charge is -2.15. The number of nitrogens with two attached hydrogens (primary N) is 1. The number of aromatic hydroxyl groups is 1. The summed E-state index contributed by atoms with van der Waals surface area (Å²) in [5, 5.41) is 22.4. The van der Waals surface area contributed by atoms with E-state index in [4.69, 9.17) is 5.14 Å². The Morgan fingerprint density at radius 3 is 2.48 bits per heavy atom. The van der Waals surface area contributed by atoms with Crippen LogP contribution in [-0.4, -0.2) is 23.3 Å². The number of benzene rings is 2. The number of anilines is 2. The Hall–Kier alpha value is -2.18. The first-order valence-corrected chi connectivity index (χ1v) is 10.3. The smallest absolute Gasteiger partial charge is 0.240 e. The minimum Gasteiger partial charge on any atom is -0.493 e. The molecule has 3 rings (SSSR count). The summed E-state index contributed by atoms with van der Waals surface area (Å²) in [7, 11) is -2.76. The number of sulfonamides is 1. The van der Waals surface area contributed by atoms with Gasteiger partial charge >= 0.3 is 0 Å². The zero-order valence-corrected chi connectivity index (χ0v) is 17.3. The molecule has 0 saturated carbocycles. The number of aromatic nitrogens is 2. The van der Waals surface area contributed by atoms with Gasteiger partial charge < -0.3 is 10.4 Å². The zero-order chi connectivity index (χ0) is 19.9. The standard InChI is InChI=1S/C17H16FIN4O3S/c1-9-5-10(19)3-4-14(9)22-15-7-13(18)16(27(20,25)26)6-11(15)12-8-21-23(2)17(12)24/h3-8,22,24H,1-2H3,(H2,20,25,26). The maximum atomic E-state index is 14.4. The molecule has 10 heteroatoms. The van der Waals surface area contributed by atoms with Gasteiger partial charge in [0.15, 0.2) is 0 Å². The highest BCUT2D eigenvalue weighted by Crippen LogP contribution is 2.38. The van der Waals surface area contributed by atoms with Crippen molar-refractivity contribution >= 4 is 44.0 Å². The van der Waals surface area contributed by atoms with Crippen LogP contribution in [0.5, 0.6) is 5.88 Å². The molecule has 0 aliphatic heterocycles. The minimum atomic E-state index is -4.29. The van der Waals surface area contributed by atoms with E-state index in [-0.39, 0.29) is 22.7 Å². The fraction of sp³-hybridized carbons (Fsp3) is 0.118. The SMILES string of the molecule is Cc1cc(I)ccc1Nc1cc(F)c(S(N)(=O)=O)cc1-c1cnn(C)c1O. The van der Waals surface area contributed by atoms with Gasteiger partial charge in [0.2, 0.25) is 15.9 Å². The van der Waals surface area contributed by atoms with Gasteiger partial charge in [-0.2, -0.15) is 5.10 Å². The van der Waals surface area contributed by atoms with Crippen LogP contribution in [0.3, 0.4) is 0 Å². The predicted molar refractivity (Wildman–Crippen MR) is 109 cm³/mol. The second-order valence-corrected chi connectivity index (χ2v) is 8.74. The van der Waals surface area contributed by atoms with Crippen LogP contribution in [0.2, 0.25) is 0 Å². The highest BCUT2D eigenvalue weighted by molar-refractivity contribution is 14.1. The van der Waals surface area contributed by atoms with Crippen LogP contribution in [0.25, 0.3) is 11.1 Å². The fourth-order valence-corrected chi connectivity index (χ4v) is 3.89. The summed E-state index contributed by atoms with van der Waals surface area (Å²) < 4.78 is 40.1. The maximum Gasteiger partial charge on any atom is 0.240 e. The van der Waals surface area contributed by atoms with Crippen LogP contribution in [0.1, 0.15) is 5.56 Å². The number of hydrogen-bond acceptors (Lipinski definition) is 5. The van der Waals surface area contributed by atoms with Crippen molar-refractivity contribution in [2.24, 2.45) is 12.2 Å². The molecule has 0 amide bonds. The Balaban J connectivity index is 2.23. The summed E-state index contributed by atoms with van der Waals surface area (Å²) in [5.74, 6) is -1.18. The number of primary sulfonamides is 1. The van der Waals surface area contributed by atoms with E-state index in [2.05, 4.69) is 33.0 Å². The number of halogens is 2. The van der Waals surface area contributed by atoms with Crippen molar-refractivity contribution in [3.05, 3.63) is 51.5 Å². The van der Waals surface area contributed by atoms with E-state index in [1.54, 1.807) is 0 Å². The van der Waals surface area contributed by atoms with Gasteiger partial charge in [-0.3, -0.25) is 0 Å². The molecule has 2 aromatic carbocycles. The summed E-state index contributed by atoms with van der Waals surface area (Å²) in [6.45, 7) is 1.89. The monoisotopic (exact) mass is 502 g/mol. The van der Waals surface area contributed by atoms with Crippen molar-refractivity contribution in [2.45, 2.75) is 11.8 Å². The molecule has 0 aliphatic carbocycles. The summed E-state index contributed by atoms with van der Waals surface area (Å²) in [6, 6.07) is 7.78. The molecule has 7 nitrogen and oxygen atoms in total. The molecule has 0 aliphatic rings. The predicted octanol–water partition coefficient (Wildman–Crippen LogP) is 3.24. The largest absolute Gasteiger partial charge is 0.493 e. The van der Waals surface area contributed by atoms with E-state index in [0.717, 1.165) is 21.3 Å². The molecule has 142 valence electrons. The Morgan fingerprint density at radius 1 is 1.22 bits per heavy atom. The van der Waals surface area contributed by atoms with Gasteiger partial charge in [-0.05, 0) is 65.4 Å².